The van der Waals surface area contributed by atoms with E-state index in [4.69, 9.17) is 4.84 Å². The monoisotopic (exact) mass is 344 g/mol. The van der Waals surface area contributed by atoms with Crippen molar-refractivity contribution in [1.82, 2.24) is 4.73 Å². The maximum atomic E-state index is 11.2. The van der Waals surface area contributed by atoms with Gasteiger partial charge in [-0.1, -0.05) is 18.2 Å². The minimum absolute atomic E-state index is 0.518. The summed E-state index contributed by atoms with van der Waals surface area (Å²) in [7, 11) is 0. The van der Waals surface area contributed by atoms with Gasteiger partial charge in [-0.2, -0.15) is 4.73 Å². The minimum atomic E-state index is -0.971. The third-order valence-corrected chi connectivity index (χ3v) is 3.39. The molecule has 11 nitrogen and oxygen atoms in total. The van der Waals surface area contributed by atoms with Gasteiger partial charge in [0.2, 0.25) is 0 Å². The predicted octanol–water partition coefficient (Wildman–Crippen LogP) is 3.21. The maximum Gasteiger partial charge on any atom is 0.328 e. The smallest absolute Gasteiger partial charge is 0.328 e. The Kier molecular flexibility index (Phi) is 3.73. The number of benzene rings is 2. The maximum absolute atomic E-state index is 11.2. The first-order valence-electron chi connectivity index (χ1n) is 6.74. The number of aromatic nitrogens is 1. The first kappa shape index (κ1) is 15.9. The second-order valence-corrected chi connectivity index (χ2v) is 4.88. The molecule has 0 atom stereocenters. The van der Waals surface area contributed by atoms with Gasteiger partial charge in [-0.15, -0.1) is 0 Å². The lowest BCUT2D eigenvalue weighted by Gasteiger charge is -2.08. The van der Waals surface area contributed by atoms with Crippen molar-refractivity contribution < 1.29 is 19.6 Å². The molecule has 3 aromatic rings. The zero-order chi connectivity index (χ0) is 18.1. The molecule has 0 bridgehead atoms. The Morgan fingerprint density at radius 1 is 0.840 bits per heavy atom. The van der Waals surface area contributed by atoms with E-state index in [9.17, 15) is 30.3 Å². The van der Waals surface area contributed by atoms with Gasteiger partial charge >= 0.3 is 17.1 Å². The number of para-hydroxylation sites is 1. The number of nitrogens with zero attached hydrogens (tertiary/aromatic N) is 4. The third-order valence-electron chi connectivity index (χ3n) is 3.39. The average Bonchev–Trinajstić information content (AvgIpc) is 2.97. The summed E-state index contributed by atoms with van der Waals surface area (Å²) in [4.78, 5) is 35.8. The van der Waals surface area contributed by atoms with Gasteiger partial charge in [0, 0.05) is 11.6 Å². The van der Waals surface area contributed by atoms with Crippen molar-refractivity contribution in [3.8, 4) is 5.75 Å². The number of hydrogen-bond acceptors (Lipinski definition) is 7. The summed E-state index contributed by atoms with van der Waals surface area (Å²) in [6, 6.07) is 9.76. The molecular weight excluding hydrogens is 336 g/mol. The van der Waals surface area contributed by atoms with E-state index < -0.39 is 37.6 Å². The number of nitro groups is 3. The SMILES string of the molecule is O=[N+]([O-])c1cc([N+](=O)[O-])c(On2ccc3ccccc32)c([N+](=O)[O-])c1. The van der Waals surface area contributed by atoms with Crippen LogP contribution in [0, 0.1) is 30.3 Å². The second-order valence-electron chi connectivity index (χ2n) is 4.88. The number of fused-ring (bicyclic) bond motifs is 1. The van der Waals surface area contributed by atoms with Crippen molar-refractivity contribution in [2.24, 2.45) is 0 Å². The van der Waals surface area contributed by atoms with Crippen LogP contribution in [0.1, 0.15) is 0 Å². The molecule has 11 heteroatoms. The Morgan fingerprint density at radius 3 is 2.00 bits per heavy atom. The van der Waals surface area contributed by atoms with Crippen LogP contribution < -0.4 is 4.84 Å². The number of non-ortho nitro benzene ring substituents is 1. The van der Waals surface area contributed by atoms with Crippen LogP contribution in [0.5, 0.6) is 5.75 Å². The van der Waals surface area contributed by atoms with E-state index in [-0.39, 0.29) is 0 Å². The Bertz CT molecular complexity index is 992. The minimum Gasteiger partial charge on any atom is -0.360 e. The summed E-state index contributed by atoms with van der Waals surface area (Å²) in [5.74, 6) is -0.693. The van der Waals surface area contributed by atoms with Crippen LogP contribution in [-0.2, 0) is 0 Å². The summed E-state index contributed by atoms with van der Waals surface area (Å²) < 4.78 is 1.12. The standard InChI is InChI=1S/C14H8N4O7/c19-16(20)10-7-12(17(21)22)14(13(8-10)18(23)24)25-15-6-5-9-3-1-2-4-11(9)15/h1-8H. The normalized spacial score (nSPS) is 10.6. The van der Waals surface area contributed by atoms with E-state index in [0.29, 0.717) is 17.6 Å². The fourth-order valence-corrected chi connectivity index (χ4v) is 2.29. The number of nitro benzene ring substituents is 3. The van der Waals surface area contributed by atoms with Crippen molar-refractivity contribution in [2.45, 2.75) is 0 Å². The molecule has 0 radical (unpaired) electrons. The van der Waals surface area contributed by atoms with Gasteiger partial charge in [0.05, 0.1) is 32.4 Å². The van der Waals surface area contributed by atoms with E-state index in [2.05, 4.69) is 0 Å². The van der Waals surface area contributed by atoms with E-state index >= 15 is 0 Å². The van der Waals surface area contributed by atoms with Crippen LogP contribution in [-0.4, -0.2) is 19.5 Å². The highest BCUT2D eigenvalue weighted by Crippen LogP contribution is 2.41. The molecule has 126 valence electrons. The van der Waals surface area contributed by atoms with E-state index in [1.54, 1.807) is 30.3 Å². The first-order chi connectivity index (χ1) is 11.9. The van der Waals surface area contributed by atoms with E-state index in [1.165, 1.54) is 6.20 Å². The van der Waals surface area contributed by atoms with Crippen LogP contribution in [0.3, 0.4) is 0 Å². The zero-order valence-electron chi connectivity index (χ0n) is 12.3. The molecule has 0 aliphatic carbocycles. The second kappa shape index (κ2) is 5.88. The molecule has 0 fully saturated rings. The highest BCUT2D eigenvalue weighted by atomic mass is 16.7. The van der Waals surface area contributed by atoms with Crippen molar-refractivity contribution in [3.63, 3.8) is 0 Å². The van der Waals surface area contributed by atoms with Crippen LogP contribution in [0.15, 0.2) is 48.7 Å². The quantitative estimate of drug-likeness (QED) is 0.510. The van der Waals surface area contributed by atoms with Gasteiger partial charge in [-0.05, 0) is 12.1 Å². The Morgan fingerprint density at radius 2 is 1.44 bits per heavy atom. The fraction of sp³-hybridized carbons (Fsp3) is 0. The van der Waals surface area contributed by atoms with Crippen molar-refractivity contribution in [1.29, 1.82) is 0 Å². The van der Waals surface area contributed by atoms with Crippen LogP contribution in [0.2, 0.25) is 0 Å². The number of hydrogen-bond donors (Lipinski definition) is 0. The predicted molar refractivity (Wildman–Crippen MR) is 84.4 cm³/mol. The average molecular weight is 344 g/mol. The lowest BCUT2D eigenvalue weighted by Crippen LogP contribution is -2.08. The molecule has 3 rings (SSSR count). The van der Waals surface area contributed by atoms with Gasteiger partial charge < -0.3 is 4.84 Å². The molecule has 0 spiro atoms. The molecule has 0 aliphatic heterocycles. The van der Waals surface area contributed by atoms with Gasteiger partial charge in [0.1, 0.15) is 0 Å². The Balaban J connectivity index is 2.21. The van der Waals surface area contributed by atoms with Gasteiger partial charge in [0.15, 0.2) is 0 Å². The van der Waals surface area contributed by atoms with E-state index in [1.807, 2.05) is 0 Å². The van der Waals surface area contributed by atoms with Crippen molar-refractivity contribution in [3.05, 3.63) is 79.0 Å². The van der Waals surface area contributed by atoms with Gasteiger partial charge in [0.25, 0.3) is 5.69 Å². The van der Waals surface area contributed by atoms with Crippen LogP contribution >= 0.6 is 0 Å². The molecule has 0 unspecified atom stereocenters. The van der Waals surface area contributed by atoms with Crippen molar-refractivity contribution >= 4 is 28.0 Å². The first-order valence-corrected chi connectivity index (χ1v) is 6.74. The molecule has 2 aromatic carbocycles. The summed E-state index contributed by atoms with van der Waals surface area (Å²) in [6.07, 6.45) is 1.43. The van der Waals surface area contributed by atoms with Gasteiger partial charge in [-0.25, -0.2) is 0 Å². The Labute approximate surface area is 138 Å². The summed E-state index contributed by atoms with van der Waals surface area (Å²) >= 11 is 0. The topological polar surface area (TPSA) is 144 Å². The lowest BCUT2D eigenvalue weighted by molar-refractivity contribution is -0.404. The Hall–Kier alpha value is -4.02. The summed E-state index contributed by atoms with van der Waals surface area (Å²) in [5, 5.41) is 34.1. The molecular formula is C14H8N4O7. The zero-order valence-corrected chi connectivity index (χ0v) is 12.3. The summed E-state index contributed by atoms with van der Waals surface area (Å²) in [5.41, 5.74) is -2.01. The molecule has 0 N–H and O–H groups in total. The lowest BCUT2D eigenvalue weighted by atomic mass is 10.2. The molecule has 0 aliphatic rings. The van der Waals surface area contributed by atoms with Gasteiger partial charge in [-0.3, -0.25) is 30.3 Å². The van der Waals surface area contributed by atoms with Crippen molar-refractivity contribution in [2.75, 3.05) is 0 Å². The molecule has 0 saturated heterocycles. The van der Waals surface area contributed by atoms with Crippen LogP contribution in [0.25, 0.3) is 10.9 Å². The number of rotatable bonds is 5. The molecule has 25 heavy (non-hydrogen) atoms. The summed E-state index contributed by atoms with van der Waals surface area (Å²) in [6.45, 7) is 0. The highest BCUT2D eigenvalue weighted by molar-refractivity contribution is 5.79. The van der Waals surface area contributed by atoms with E-state index in [0.717, 1.165) is 10.1 Å². The third kappa shape index (κ3) is 2.81. The largest absolute Gasteiger partial charge is 0.360 e. The molecule has 1 heterocycles. The fourth-order valence-electron chi connectivity index (χ4n) is 2.29. The van der Waals surface area contributed by atoms with Crippen LogP contribution in [0.4, 0.5) is 17.1 Å². The highest BCUT2D eigenvalue weighted by Gasteiger charge is 2.33. The molecule has 1 aromatic heterocycles. The molecule has 0 saturated carbocycles. The molecule has 0 amide bonds.